The topological polar surface area (TPSA) is 82.6 Å². The third-order valence-electron chi connectivity index (χ3n) is 6.31. The Bertz CT molecular complexity index is 1340. The van der Waals surface area contributed by atoms with Crippen molar-refractivity contribution < 1.29 is 23.9 Å². The summed E-state index contributed by atoms with van der Waals surface area (Å²) in [6.45, 7) is -0.485. The number of ether oxygens (including phenoxy) is 2. The van der Waals surface area contributed by atoms with Gasteiger partial charge in [-0.25, -0.2) is 4.79 Å². The van der Waals surface area contributed by atoms with Gasteiger partial charge in [0.2, 0.25) is 5.78 Å². The number of aromatic nitrogens is 1. The summed E-state index contributed by atoms with van der Waals surface area (Å²) in [5.74, 6) is -0.688. The normalized spacial score (nSPS) is 14.8. The fraction of sp³-hybridized carbons (Fsp3) is 0.259. The number of methoxy groups -OCH3 is 1. The molecule has 33 heavy (non-hydrogen) atoms. The zero-order valence-electron chi connectivity index (χ0n) is 18.3. The van der Waals surface area contributed by atoms with E-state index in [1.165, 1.54) is 0 Å². The molecular formula is C27H23NO5. The third kappa shape index (κ3) is 3.93. The van der Waals surface area contributed by atoms with Crippen molar-refractivity contribution >= 4 is 34.5 Å². The highest BCUT2D eigenvalue weighted by molar-refractivity contribution is 6.25. The zero-order valence-corrected chi connectivity index (χ0v) is 18.3. The second-order valence-corrected chi connectivity index (χ2v) is 8.36. The van der Waals surface area contributed by atoms with Crippen molar-refractivity contribution in [3.05, 3.63) is 76.0 Å². The number of carbonyl (C=O) groups excluding carboxylic acids is 3. The molecule has 2 aliphatic rings. The van der Waals surface area contributed by atoms with Gasteiger partial charge in [-0.2, -0.15) is 0 Å². The molecule has 5 rings (SSSR count). The van der Waals surface area contributed by atoms with E-state index in [0.717, 1.165) is 59.0 Å². The molecule has 3 aromatic rings. The molecule has 0 bridgehead atoms. The van der Waals surface area contributed by atoms with Gasteiger partial charge in [0.1, 0.15) is 5.75 Å². The van der Waals surface area contributed by atoms with Gasteiger partial charge in [0.05, 0.1) is 23.8 Å². The summed E-state index contributed by atoms with van der Waals surface area (Å²) < 4.78 is 10.7. The van der Waals surface area contributed by atoms with Gasteiger partial charge in [-0.1, -0.05) is 24.3 Å². The lowest BCUT2D eigenvalue weighted by Crippen LogP contribution is -2.24. The van der Waals surface area contributed by atoms with Gasteiger partial charge in [-0.3, -0.25) is 14.6 Å². The van der Waals surface area contributed by atoms with Crippen LogP contribution >= 0.6 is 0 Å². The number of carbonyl (C=O) groups is 3. The monoisotopic (exact) mass is 441 g/mol. The van der Waals surface area contributed by atoms with Crippen LogP contribution in [0.4, 0.5) is 0 Å². The summed E-state index contributed by atoms with van der Waals surface area (Å²) in [7, 11) is 1.56. The van der Waals surface area contributed by atoms with Crippen LogP contribution in [-0.2, 0) is 33.6 Å². The number of fused-ring (bicyclic) bond motifs is 3. The first-order chi connectivity index (χ1) is 16.0. The molecule has 2 aromatic carbocycles. The Morgan fingerprint density at radius 2 is 1.88 bits per heavy atom. The highest BCUT2D eigenvalue weighted by Crippen LogP contribution is 2.30. The number of ketones is 2. The molecule has 166 valence electrons. The van der Waals surface area contributed by atoms with E-state index in [9.17, 15) is 14.4 Å². The maximum Gasteiger partial charge on any atom is 0.339 e. The maximum absolute atomic E-state index is 13.2. The largest absolute Gasteiger partial charge is 0.497 e. The van der Waals surface area contributed by atoms with Crippen molar-refractivity contribution in [2.75, 3.05) is 13.7 Å². The van der Waals surface area contributed by atoms with Crippen LogP contribution in [-0.4, -0.2) is 36.2 Å². The Kier molecular flexibility index (Phi) is 5.50. The van der Waals surface area contributed by atoms with Crippen LogP contribution in [0.5, 0.6) is 5.75 Å². The van der Waals surface area contributed by atoms with E-state index in [0.29, 0.717) is 11.3 Å². The molecule has 0 radical (unpaired) electrons. The molecule has 6 nitrogen and oxygen atoms in total. The number of pyridine rings is 1. The molecule has 0 spiro atoms. The molecule has 1 aromatic heterocycles. The second kappa shape index (κ2) is 8.62. The molecule has 6 heteroatoms. The number of para-hydroxylation sites is 1. The average molecular weight is 441 g/mol. The second-order valence-electron chi connectivity index (χ2n) is 8.36. The fourth-order valence-electron chi connectivity index (χ4n) is 4.62. The Morgan fingerprint density at radius 1 is 1.06 bits per heavy atom. The molecule has 0 fully saturated rings. The van der Waals surface area contributed by atoms with Gasteiger partial charge in [-0.05, 0) is 66.6 Å². The molecule has 0 aliphatic heterocycles. The van der Waals surface area contributed by atoms with Crippen LogP contribution < -0.4 is 4.74 Å². The summed E-state index contributed by atoms with van der Waals surface area (Å²) >= 11 is 0. The number of nitrogens with zero attached hydrogens (tertiary/aromatic N) is 1. The number of Topliss-reactive ketones (excluding diaryl/α,β-unsaturated/α-hetero) is 2. The average Bonchev–Trinajstić information content (AvgIpc) is 2.84. The minimum absolute atomic E-state index is 0.0465. The van der Waals surface area contributed by atoms with E-state index >= 15 is 0 Å². The van der Waals surface area contributed by atoms with Crippen molar-refractivity contribution in [2.45, 2.75) is 32.1 Å². The Labute approximate surface area is 191 Å². The number of esters is 1. The van der Waals surface area contributed by atoms with E-state index in [2.05, 4.69) is 0 Å². The molecule has 1 heterocycles. The lowest BCUT2D eigenvalue weighted by atomic mass is 9.89. The quantitative estimate of drug-likeness (QED) is 0.439. The van der Waals surface area contributed by atoms with Crippen molar-refractivity contribution in [1.82, 2.24) is 4.98 Å². The molecule has 0 saturated carbocycles. The van der Waals surface area contributed by atoms with Gasteiger partial charge in [0, 0.05) is 17.5 Å². The van der Waals surface area contributed by atoms with Gasteiger partial charge >= 0.3 is 5.97 Å². The van der Waals surface area contributed by atoms with Crippen LogP contribution in [0.15, 0.2) is 48.0 Å². The summed E-state index contributed by atoms with van der Waals surface area (Å²) in [5.41, 5.74) is 4.71. The molecule has 0 unspecified atom stereocenters. The van der Waals surface area contributed by atoms with Crippen LogP contribution in [0, 0.1) is 0 Å². The molecule has 0 atom stereocenters. The Balaban J connectivity index is 1.41. The van der Waals surface area contributed by atoms with Crippen molar-refractivity contribution in [3.8, 4) is 5.75 Å². The van der Waals surface area contributed by atoms with Gasteiger partial charge < -0.3 is 9.47 Å². The molecule has 2 aliphatic carbocycles. The lowest BCUT2D eigenvalue weighted by molar-refractivity contribution is -0.123. The van der Waals surface area contributed by atoms with E-state index in [4.69, 9.17) is 14.5 Å². The highest BCUT2D eigenvalue weighted by Gasteiger charge is 2.27. The lowest BCUT2D eigenvalue weighted by Gasteiger charge is -2.20. The van der Waals surface area contributed by atoms with E-state index in [1.807, 2.05) is 30.3 Å². The van der Waals surface area contributed by atoms with Crippen LogP contribution in [0.1, 0.15) is 45.6 Å². The first-order valence-corrected chi connectivity index (χ1v) is 11.1. The summed E-state index contributed by atoms with van der Waals surface area (Å²) in [6.07, 6.45) is 5.29. The first-order valence-electron chi connectivity index (χ1n) is 11.1. The maximum atomic E-state index is 13.2. The minimum Gasteiger partial charge on any atom is -0.497 e. The van der Waals surface area contributed by atoms with Gasteiger partial charge in [0.15, 0.2) is 12.4 Å². The van der Waals surface area contributed by atoms with Crippen molar-refractivity contribution in [1.29, 1.82) is 0 Å². The van der Waals surface area contributed by atoms with Crippen LogP contribution in [0.25, 0.3) is 17.0 Å². The van der Waals surface area contributed by atoms with Crippen molar-refractivity contribution in [2.24, 2.45) is 0 Å². The van der Waals surface area contributed by atoms with E-state index in [-0.39, 0.29) is 17.8 Å². The number of hydrogen-bond donors (Lipinski definition) is 0. The van der Waals surface area contributed by atoms with E-state index in [1.54, 1.807) is 25.3 Å². The molecular weight excluding hydrogens is 418 g/mol. The summed E-state index contributed by atoms with van der Waals surface area (Å²) in [4.78, 5) is 43.3. The third-order valence-corrected chi connectivity index (χ3v) is 6.31. The number of aryl methyl sites for hydroxylation is 1. The standard InChI is InChI=1S/C27H23NO5/c1-32-18-11-10-16-14-24(29)21(13-17(16)12-18)25(30)15-33-27(31)26-19-6-2-4-8-22(19)28-23-9-5-3-7-20(23)26/h2,4,6,8,10-13H,3,5,7,9,14-15H2,1H3. The Morgan fingerprint density at radius 3 is 2.73 bits per heavy atom. The number of rotatable bonds is 5. The summed E-state index contributed by atoms with van der Waals surface area (Å²) in [5, 5.41) is 0.726. The predicted molar refractivity (Wildman–Crippen MR) is 123 cm³/mol. The number of benzene rings is 2. The Hall–Kier alpha value is -3.80. The van der Waals surface area contributed by atoms with Gasteiger partial charge in [-0.15, -0.1) is 0 Å². The minimum atomic E-state index is -0.550. The predicted octanol–water partition coefficient (Wildman–Crippen LogP) is 4.06. The van der Waals surface area contributed by atoms with E-state index < -0.39 is 18.4 Å². The molecule has 0 amide bonds. The highest BCUT2D eigenvalue weighted by atomic mass is 16.5. The zero-order chi connectivity index (χ0) is 22.9. The first kappa shape index (κ1) is 21.1. The van der Waals surface area contributed by atoms with Gasteiger partial charge in [0.25, 0.3) is 0 Å². The van der Waals surface area contributed by atoms with Crippen LogP contribution in [0.3, 0.4) is 0 Å². The van der Waals surface area contributed by atoms with Crippen LogP contribution in [0.2, 0.25) is 0 Å². The fourth-order valence-corrected chi connectivity index (χ4v) is 4.62. The summed E-state index contributed by atoms with van der Waals surface area (Å²) in [6, 6.07) is 12.9. The SMILES string of the molecule is COc1ccc2c(c1)C=C(C(=O)COC(=O)c1c3c(nc4ccccc14)CCCC3)C(=O)C2. The smallest absolute Gasteiger partial charge is 0.339 e. The molecule has 0 saturated heterocycles. The van der Waals surface area contributed by atoms with Crippen molar-refractivity contribution in [3.63, 3.8) is 0 Å². The number of hydrogen-bond acceptors (Lipinski definition) is 6. The molecule has 0 N–H and O–H groups in total.